The predicted octanol–water partition coefficient (Wildman–Crippen LogP) is 4.04. The number of ketones is 2. The van der Waals surface area contributed by atoms with Crippen molar-refractivity contribution in [3.8, 4) is 17.2 Å². The number of methoxy groups -OCH3 is 2. The Bertz CT molecular complexity index is 1540. The van der Waals surface area contributed by atoms with E-state index < -0.39 is 23.7 Å². The molecule has 0 bridgehead atoms. The second-order valence-electron chi connectivity index (χ2n) is 10.8. The minimum absolute atomic E-state index is 0.162. The zero-order valence-corrected chi connectivity index (χ0v) is 22.5. The van der Waals surface area contributed by atoms with Crippen LogP contribution in [0.2, 0.25) is 0 Å². The molecule has 4 atom stereocenters. The zero-order chi connectivity index (χ0) is 28.3. The molecule has 1 saturated heterocycles. The molecule has 2 amide bonds. The second kappa shape index (κ2) is 9.62. The van der Waals surface area contributed by atoms with E-state index in [1.54, 1.807) is 19.1 Å². The van der Waals surface area contributed by atoms with E-state index in [0.717, 1.165) is 11.1 Å². The van der Waals surface area contributed by atoms with E-state index in [4.69, 9.17) is 9.47 Å². The summed E-state index contributed by atoms with van der Waals surface area (Å²) in [6.07, 6.45) is 3.89. The van der Waals surface area contributed by atoms with Crippen molar-refractivity contribution >= 4 is 23.4 Å². The molecule has 1 heterocycles. The molecule has 204 valence electrons. The first-order valence-corrected chi connectivity index (χ1v) is 13.3. The lowest BCUT2D eigenvalue weighted by molar-refractivity contribution is -0.140. The molecule has 3 aliphatic carbocycles. The Hall–Kier alpha value is -4.46. The van der Waals surface area contributed by atoms with E-state index >= 15 is 0 Å². The number of carbonyl (C=O) groups excluding carboxylic acids is 4. The Balaban J connectivity index is 1.48. The molecule has 1 N–H and O–H groups in total. The maximum atomic E-state index is 13.9. The summed E-state index contributed by atoms with van der Waals surface area (Å²) in [4.78, 5) is 55.7. The van der Waals surface area contributed by atoms with Crippen molar-refractivity contribution in [2.45, 2.75) is 32.2 Å². The summed E-state index contributed by atoms with van der Waals surface area (Å²) >= 11 is 0. The number of hydrogen-bond acceptors (Lipinski definition) is 7. The van der Waals surface area contributed by atoms with E-state index in [1.165, 1.54) is 25.2 Å². The largest absolute Gasteiger partial charge is 0.502 e. The number of allylic oxidation sites excluding steroid dienone is 6. The van der Waals surface area contributed by atoms with Gasteiger partial charge in [-0.2, -0.15) is 0 Å². The highest BCUT2D eigenvalue weighted by Crippen LogP contribution is 2.56. The number of benzene rings is 2. The van der Waals surface area contributed by atoms with Gasteiger partial charge in [0.1, 0.15) is 0 Å². The zero-order valence-electron chi connectivity index (χ0n) is 22.5. The molecular formula is C32H29NO7. The Labute approximate surface area is 231 Å². The molecular weight excluding hydrogens is 510 g/mol. The van der Waals surface area contributed by atoms with Gasteiger partial charge in [0.25, 0.3) is 0 Å². The lowest BCUT2D eigenvalue weighted by Gasteiger charge is -2.42. The summed E-state index contributed by atoms with van der Waals surface area (Å²) in [5, 5.41) is 10.5. The molecule has 4 aliphatic rings. The summed E-state index contributed by atoms with van der Waals surface area (Å²) in [6, 6.07) is 12.7. The number of phenols is 1. The van der Waals surface area contributed by atoms with Crippen LogP contribution < -0.4 is 9.47 Å². The average Bonchev–Trinajstić information content (AvgIpc) is 3.20. The van der Waals surface area contributed by atoms with Gasteiger partial charge in [-0.15, -0.1) is 0 Å². The van der Waals surface area contributed by atoms with Crippen LogP contribution in [-0.4, -0.2) is 47.6 Å². The topological polar surface area (TPSA) is 110 Å². The van der Waals surface area contributed by atoms with Crippen molar-refractivity contribution < 1.29 is 33.8 Å². The number of imide groups is 1. The molecule has 6 rings (SSSR count). The third-order valence-electron chi connectivity index (χ3n) is 8.67. The number of nitrogens with zero attached hydrogens (tertiary/aromatic N) is 1. The number of fused-ring (bicyclic) bond motifs is 3. The highest BCUT2D eigenvalue weighted by molar-refractivity contribution is 6.23. The Morgan fingerprint density at radius 1 is 0.950 bits per heavy atom. The van der Waals surface area contributed by atoms with Gasteiger partial charge in [-0.25, -0.2) is 0 Å². The van der Waals surface area contributed by atoms with Gasteiger partial charge in [-0.3, -0.25) is 24.1 Å². The molecule has 0 saturated carbocycles. The Kier molecular flexibility index (Phi) is 6.21. The number of Topliss-reactive ketones (excluding diaryl/α,β-unsaturated/α-hetero) is 1. The molecule has 8 nitrogen and oxygen atoms in total. The summed E-state index contributed by atoms with van der Waals surface area (Å²) in [7, 11) is 2.84. The molecule has 8 heteroatoms. The first-order valence-electron chi connectivity index (χ1n) is 13.3. The maximum absolute atomic E-state index is 13.9. The van der Waals surface area contributed by atoms with Gasteiger partial charge in [0, 0.05) is 22.6 Å². The van der Waals surface area contributed by atoms with Crippen molar-refractivity contribution in [3.05, 3.63) is 88.0 Å². The Morgan fingerprint density at radius 2 is 1.62 bits per heavy atom. The van der Waals surface area contributed by atoms with E-state index in [-0.39, 0.29) is 53.6 Å². The minimum atomic E-state index is -0.662. The van der Waals surface area contributed by atoms with Crippen molar-refractivity contribution in [3.63, 3.8) is 0 Å². The predicted molar refractivity (Wildman–Crippen MR) is 145 cm³/mol. The van der Waals surface area contributed by atoms with Crippen LogP contribution in [0.4, 0.5) is 0 Å². The Morgan fingerprint density at radius 3 is 2.27 bits per heavy atom. The third-order valence-corrected chi connectivity index (χ3v) is 8.67. The number of ether oxygens (including phenoxy) is 2. The minimum Gasteiger partial charge on any atom is -0.502 e. The smallest absolute Gasteiger partial charge is 0.234 e. The van der Waals surface area contributed by atoms with Crippen molar-refractivity contribution in [2.75, 3.05) is 14.2 Å². The number of carbonyl (C=O) groups is 4. The fraction of sp³-hybridized carbons (Fsp3) is 0.312. The van der Waals surface area contributed by atoms with E-state index in [9.17, 15) is 24.3 Å². The summed E-state index contributed by atoms with van der Waals surface area (Å²) < 4.78 is 10.8. The van der Waals surface area contributed by atoms with Crippen LogP contribution in [0.5, 0.6) is 17.2 Å². The average molecular weight is 540 g/mol. The van der Waals surface area contributed by atoms with Crippen molar-refractivity contribution in [1.29, 1.82) is 0 Å². The van der Waals surface area contributed by atoms with Gasteiger partial charge in [0.15, 0.2) is 23.1 Å². The fourth-order valence-electron chi connectivity index (χ4n) is 6.83. The highest BCUT2D eigenvalue weighted by atomic mass is 16.5. The van der Waals surface area contributed by atoms with E-state index in [1.807, 2.05) is 36.4 Å². The van der Waals surface area contributed by atoms with E-state index in [2.05, 4.69) is 0 Å². The number of rotatable bonds is 5. The van der Waals surface area contributed by atoms with E-state index in [0.29, 0.717) is 28.7 Å². The highest BCUT2D eigenvalue weighted by Gasteiger charge is 2.56. The number of hydrogen-bond donors (Lipinski definition) is 1. The van der Waals surface area contributed by atoms with Crippen molar-refractivity contribution in [2.24, 2.45) is 17.8 Å². The number of amides is 2. The number of likely N-dealkylation sites (tertiary alicyclic amines) is 1. The second-order valence-corrected chi connectivity index (χ2v) is 10.8. The van der Waals surface area contributed by atoms with Crippen LogP contribution in [0.25, 0.3) is 0 Å². The summed E-state index contributed by atoms with van der Waals surface area (Å²) in [5.74, 6) is -3.06. The molecule has 0 spiro atoms. The SMILES string of the molecule is COc1cc([C@H]2C3=CC[C@@H]4C(=O)N(Cc5ccccc5)C(=O)[C@@H]4[C@@H]3CC3=C2C(=O)C=C(C)C3=O)cc(OC)c1O. The fourth-order valence-corrected chi connectivity index (χ4v) is 6.83. The lowest BCUT2D eigenvalue weighted by Crippen LogP contribution is -2.39. The maximum Gasteiger partial charge on any atom is 0.234 e. The van der Waals surface area contributed by atoms with Gasteiger partial charge in [-0.1, -0.05) is 42.0 Å². The van der Waals surface area contributed by atoms with Crippen LogP contribution in [-0.2, 0) is 25.7 Å². The molecule has 1 fully saturated rings. The van der Waals surface area contributed by atoms with Crippen LogP contribution in [0, 0.1) is 17.8 Å². The first kappa shape index (κ1) is 25.8. The monoisotopic (exact) mass is 539 g/mol. The summed E-state index contributed by atoms with van der Waals surface area (Å²) in [5.41, 5.74) is 3.38. The van der Waals surface area contributed by atoms with Crippen LogP contribution in [0.15, 0.2) is 76.9 Å². The first-order chi connectivity index (χ1) is 19.2. The van der Waals surface area contributed by atoms with Crippen LogP contribution >= 0.6 is 0 Å². The van der Waals surface area contributed by atoms with Crippen LogP contribution in [0.1, 0.15) is 36.8 Å². The lowest BCUT2D eigenvalue weighted by atomic mass is 9.59. The third kappa shape index (κ3) is 3.81. The van der Waals surface area contributed by atoms with Crippen molar-refractivity contribution in [1.82, 2.24) is 4.90 Å². The number of aromatic hydroxyl groups is 1. The normalized spacial score (nSPS) is 25.7. The summed E-state index contributed by atoms with van der Waals surface area (Å²) in [6.45, 7) is 1.81. The molecule has 0 unspecified atom stereocenters. The quantitative estimate of drug-likeness (QED) is 0.347. The number of phenolic OH excluding ortho intramolecular Hbond substituents is 1. The standard InChI is InChI=1S/C32H29NO7/c1-16-11-23(34)28-22(29(16)35)14-21-19(26(28)18-12-24(39-2)30(36)25(13-18)40-3)9-10-20-27(21)32(38)33(31(20)37)15-17-7-5-4-6-8-17/h4-9,11-13,20-21,26-27,36H,10,14-15H2,1-3H3/t20-,21+,26-,27-/m0/s1. The van der Waals surface area contributed by atoms with Gasteiger partial charge >= 0.3 is 0 Å². The van der Waals surface area contributed by atoms with Gasteiger partial charge in [0.2, 0.25) is 17.6 Å². The van der Waals surface area contributed by atoms with Gasteiger partial charge < -0.3 is 14.6 Å². The molecule has 2 aromatic carbocycles. The molecule has 0 radical (unpaired) electrons. The molecule has 40 heavy (non-hydrogen) atoms. The molecule has 1 aliphatic heterocycles. The molecule has 0 aromatic heterocycles. The van der Waals surface area contributed by atoms with Crippen LogP contribution in [0.3, 0.4) is 0 Å². The molecule has 2 aromatic rings. The van der Waals surface area contributed by atoms with Gasteiger partial charge in [0.05, 0.1) is 32.6 Å². The van der Waals surface area contributed by atoms with Gasteiger partial charge in [-0.05, 0) is 55.0 Å².